The summed E-state index contributed by atoms with van der Waals surface area (Å²) in [6.07, 6.45) is 7.78. The number of rotatable bonds is 10. The number of halogens is 1. The second-order valence-corrected chi connectivity index (χ2v) is 10.2. The summed E-state index contributed by atoms with van der Waals surface area (Å²) in [6.45, 7) is 7.56. The summed E-state index contributed by atoms with van der Waals surface area (Å²) >= 11 is 6.29. The molecule has 3 aromatic rings. The van der Waals surface area contributed by atoms with Gasteiger partial charge in [0.1, 0.15) is 12.3 Å². The molecule has 0 bridgehead atoms. The molecule has 0 atom stereocenters. The molecule has 0 fully saturated rings. The molecule has 0 unspecified atom stereocenters. The Morgan fingerprint density at radius 2 is 2.06 bits per heavy atom. The van der Waals surface area contributed by atoms with E-state index in [0.717, 1.165) is 34.0 Å². The lowest BCUT2D eigenvalue weighted by Gasteiger charge is -2.15. The fraction of sp³-hybridized carbons (Fsp3) is 0.269. The first kappa shape index (κ1) is 25.8. The molecule has 0 amide bonds. The van der Waals surface area contributed by atoms with Crippen LogP contribution in [0.3, 0.4) is 0 Å². The van der Waals surface area contributed by atoms with E-state index in [4.69, 9.17) is 21.1 Å². The number of aromatic nitrogens is 2. The van der Waals surface area contributed by atoms with Gasteiger partial charge in [-0.2, -0.15) is 8.42 Å². The van der Waals surface area contributed by atoms with Crippen molar-refractivity contribution in [3.63, 3.8) is 0 Å². The van der Waals surface area contributed by atoms with Crippen molar-refractivity contribution in [1.82, 2.24) is 4.57 Å². The zero-order valence-corrected chi connectivity index (χ0v) is 21.8. The van der Waals surface area contributed by atoms with Crippen LogP contribution in [-0.4, -0.2) is 36.9 Å². The standard InChI is InChI=1S/C26H28ClN3O5S/c1-4-14-29-21-12-10-19(27)17-22(21)30(15-7-16-36(31,32)33)25(29)8-6-9-26-28(5-2)23-18-20(34-3)11-13-24(23)35-26/h4,6,8-13,17-18H,1,5,7,14-16H2,2-3H3/p+1. The van der Waals surface area contributed by atoms with Crippen LogP contribution in [0.5, 0.6) is 11.5 Å². The molecule has 8 nitrogen and oxygen atoms in total. The maximum Gasteiger partial charge on any atom is 0.282 e. The highest BCUT2D eigenvalue weighted by molar-refractivity contribution is 7.85. The molecule has 4 rings (SSSR count). The van der Waals surface area contributed by atoms with E-state index >= 15 is 0 Å². The van der Waals surface area contributed by atoms with Gasteiger partial charge in [-0.25, -0.2) is 9.13 Å². The van der Waals surface area contributed by atoms with Crippen LogP contribution in [0.15, 0.2) is 67.1 Å². The first-order valence-corrected chi connectivity index (χ1v) is 13.5. The number of fused-ring (bicyclic) bond motifs is 2. The van der Waals surface area contributed by atoms with E-state index in [1.54, 1.807) is 13.2 Å². The minimum Gasteiger partial charge on any atom is -0.497 e. The third-order valence-electron chi connectivity index (χ3n) is 5.91. The average molecular weight is 531 g/mol. The Bertz CT molecular complexity index is 1460. The molecule has 10 heteroatoms. The van der Waals surface area contributed by atoms with Crippen molar-refractivity contribution in [3.8, 4) is 11.5 Å². The number of allylic oxidation sites excluding steroid dienone is 3. The second-order valence-electron chi connectivity index (χ2n) is 8.23. The van der Waals surface area contributed by atoms with Gasteiger partial charge in [0.25, 0.3) is 15.9 Å². The average Bonchev–Trinajstić information content (AvgIpc) is 3.32. The maximum absolute atomic E-state index is 11.3. The molecule has 1 N–H and O–H groups in total. The van der Waals surface area contributed by atoms with Crippen molar-refractivity contribution < 1.29 is 27.0 Å². The van der Waals surface area contributed by atoms with Gasteiger partial charge in [-0.1, -0.05) is 24.3 Å². The van der Waals surface area contributed by atoms with E-state index in [2.05, 4.69) is 16.0 Å². The Kier molecular flexibility index (Phi) is 7.73. The van der Waals surface area contributed by atoms with Gasteiger partial charge in [-0.3, -0.25) is 4.55 Å². The number of hydrogen-bond donors (Lipinski definition) is 1. The van der Waals surface area contributed by atoms with Crippen LogP contribution in [0, 0.1) is 0 Å². The number of benzene rings is 2. The van der Waals surface area contributed by atoms with Crippen LogP contribution in [-0.2, 0) is 23.2 Å². The molecule has 1 aliphatic rings. The monoisotopic (exact) mass is 530 g/mol. The van der Waals surface area contributed by atoms with Gasteiger partial charge in [0.2, 0.25) is 5.88 Å². The lowest BCUT2D eigenvalue weighted by molar-refractivity contribution is -0.663. The quantitative estimate of drug-likeness (QED) is 0.230. The number of hydrogen-bond acceptors (Lipinski definition) is 5. The summed E-state index contributed by atoms with van der Waals surface area (Å²) in [5.74, 6) is 2.70. The first-order valence-electron chi connectivity index (χ1n) is 11.5. The fourth-order valence-electron chi connectivity index (χ4n) is 4.35. The predicted molar refractivity (Wildman–Crippen MR) is 142 cm³/mol. The normalized spacial score (nSPS) is 14.6. The smallest absolute Gasteiger partial charge is 0.282 e. The summed E-state index contributed by atoms with van der Waals surface area (Å²) in [4.78, 5) is 2.06. The van der Waals surface area contributed by atoms with E-state index in [0.29, 0.717) is 30.5 Å². The molecule has 0 saturated carbocycles. The van der Waals surface area contributed by atoms with Crippen LogP contribution in [0.4, 0.5) is 5.69 Å². The Balaban J connectivity index is 1.73. The number of nitrogens with zero attached hydrogens (tertiary/aromatic N) is 3. The summed E-state index contributed by atoms with van der Waals surface area (Å²) in [6, 6.07) is 11.3. The number of aryl methyl sites for hydroxylation is 1. The summed E-state index contributed by atoms with van der Waals surface area (Å²) < 4.78 is 47.3. The van der Waals surface area contributed by atoms with Gasteiger partial charge in [-0.15, -0.1) is 0 Å². The number of anilines is 1. The first-order chi connectivity index (χ1) is 17.3. The van der Waals surface area contributed by atoms with E-state index in [1.165, 1.54) is 0 Å². The third-order valence-corrected chi connectivity index (χ3v) is 6.95. The highest BCUT2D eigenvalue weighted by Crippen LogP contribution is 2.41. The van der Waals surface area contributed by atoms with Gasteiger partial charge < -0.3 is 14.4 Å². The Labute approximate surface area is 216 Å². The largest absolute Gasteiger partial charge is 0.497 e. The Hall–Kier alpha value is -3.27. The minimum atomic E-state index is -4.06. The predicted octanol–water partition coefficient (Wildman–Crippen LogP) is 4.83. The lowest BCUT2D eigenvalue weighted by atomic mass is 10.2. The van der Waals surface area contributed by atoms with Crippen molar-refractivity contribution in [2.24, 2.45) is 0 Å². The molecular weight excluding hydrogens is 502 g/mol. The molecule has 1 aliphatic heterocycles. The SMILES string of the molecule is C=CC[n+]1c(C=CC=C2Oc3ccc(OC)cc3N2CC)n(CCCS(=O)(=O)O)c2cc(Cl)ccc21. The van der Waals surface area contributed by atoms with Crippen molar-refractivity contribution in [2.45, 2.75) is 26.4 Å². The number of imidazole rings is 1. The van der Waals surface area contributed by atoms with Gasteiger partial charge in [0.05, 0.1) is 25.1 Å². The Morgan fingerprint density at radius 3 is 2.75 bits per heavy atom. The Morgan fingerprint density at radius 1 is 1.25 bits per heavy atom. The minimum absolute atomic E-state index is 0.245. The maximum atomic E-state index is 11.3. The topological polar surface area (TPSA) is 84.9 Å². The fourth-order valence-corrected chi connectivity index (χ4v) is 5.01. The van der Waals surface area contributed by atoms with E-state index in [1.807, 2.05) is 66.1 Å². The van der Waals surface area contributed by atoms with Gasteiger partial charge >= 0.3 is 0 Å². The summed E-state index contributed by atoms with van der Waals surface area (Å²) in [5.41, 5.74) is 2.73. The molecule has 0 aliphatic carbocycles. The lowest BCUT2D eigenvalue weighted by Crippen LogP contribution is -2.35. The summed E-state index contributed by atoms with van der Waals surface area (Å²) in [5, 5.41) is 0.575. The molecule has 190 valence electrons. The summed E-state index contributed by atoms with van der Waals surface area (Å²) in [7, 11) is -2.43. The van der Waals surface area contributed by atoms with Gasteiger partial charge in [0, 0.05) is 36.2 Å². The van der Waals surface area contributed by atoms with Crippen LogP contribution in [0.25, 0.3) is 17.1 Å². The van der Waals surface area contributed by atoms with Gasteiger partial charge in [0.15, 0.2) is 16.8 Å². The number of methoxy groups -OCH3 is 1. The zero-order valence-electron chi connectivity index (χ0n) is 20.2. The van der Waals surface area contributed by atoms with Crippen molar-refractivity contribution >= 4 is 44.5 Å². The molecule has 36 heavy (non-hydrogen) atoms. The van der Waals surface area contributed by atoms with Crippen LogP contribution in [0.1, 0.15) is 19.2 Å². The van der Waals surface area contributed by atoms with Crippen molar-refractivity contribution in [1.29, 1.82) is 0 Å². The highest BCUT2D eigenvalue weighted by Gasteiger charge is 2.26. The molecule has 0 saturated heterocycles. The van der Waals surface area contributed by atoms with E-state index in [-0.39, 0.29) is 12.2 Å². The molecule has 0 radical (unpaired) electrons. The second kappa shape index (κ2) is 10.8. The molecule has 2 aromatic carbocycles. The molecular formula is C26H29ClN3O5S+. The van der Waals surface area contributed by atoms with Crippen LogP contribution >= 0.6 is 11.6 Å². The molecule has 0 spiro atoms. The third kappa shape index (κ3) is 5.43. The zero-order chi connectivity index (χ0) is 25.9. The van der Waals surface area contributed by atoms with E-state index in [9.17, 15) is 13.0 Å². The van der Waals surface area contributed by atoms with Crippen molar-refractivity contribution in [3.05, 3.63) is 77.9 Å². The van der Waals surface area contributed by atoms with Crippen LogP contribution in [0.2, 0.25) is 5.02 Å². The van der Waals surface area contributed by atoms with Crippen molar-refractivity contribution in [2.75, 3.05) is 24.3 Å². The number of ether oxygens (including phenoxy) is 2. The van der Waals surface area contributed by atoms with E-state index < -0.39 is 10.1 Å². The molecule has 2 heterocycles. The van der Waals surface area contributed by atoms with Crippen LogP contribution < -0.4 is 18.9 Å². The highest BCUT2D eigenvalue weighted by atomic mass is 35.5. The molecule has 1 aromatic heterocycles. The van der Waals surface area contributed by atoms with Gasteiger partial charge in [-0.05, 0) is 43.3 Å².